The van der Waals surface area contributed by atoms with E-state index in [9.17, 15) is 22.0 Å². The maximum Gasteiger partial charge on any atom is 0.208 e. The molecule has 2 rings (SSSR count). The number of hydrogen-bond acceptors (Lipinski definition) is 1. The highest BCUT2D eigenvalue weighted by Crippen LogP contribution is 2.15. The van der Waals surface area contributed by atoms with Crippen LogP contribution in [0.4, 0.5) is 22.0 Å². The Morgan fingerprint density at radius 3 is 2.10 bits per heavy atom. The zero-order valence-electron chi connectivity index (χ0n) is 11.2. The van der Waals surface area contributed by atoms with Crippen molar-refractivity contribution in [3.63, 3.8) is 0 Å². The first-order valence-electron chi connectivity index (χ1n) is 6.00. The fourth-order valence-electron chi connectivity index (χ4n) is 2.02. The van der Waals surface area contributed by atoms with Gasteiger partial charge in [-0.3, -0.25) is 0 Å². The van der Waals surface area contributed by atoms with E-state index in [0.717, 1.165) is 12.1 Å². The summed E-state index contributed by atoms with van der Waals surface area (Å²) in [6.07, 6.45) is 0. The lowest BCUT2D eigenvalue weighted by atomic mass is 9.62. The third-order valence-corrected chi connectivity index (χ3v) is 3.13. The normalized spacial score (nSPS) is 10.6. The van der Waals surface area contributed by atoms with E-state index < -0.39 is 41.8 Å². The summed E-state index contributed by atoms with van der Waals surface area (Å²) in [6.45, 7) is 1.21. The van der Waals surface area contributed by atoms with Crippen LogP contribution in [0.2, 0.25) is 0 Å². The summed E-state index contributed by atoms with van der Waals surface area (Å²) in [7, 11) is 0.574. The lowest BCUT2D eigenvalue weighted by Crippen LogP contribution is -2.36. The minimum atomic E-state index is -1.39. The summed E-state index contributed by atoms with van der Waals surface area (Å²) in [6, 6.07) is 2.28. The molecule has 0 saturated carbocycles. The highest BCUT2D eigenvalue weighted by atomic mass is 19.2. The Morgan fingerprint density at radius 2 is 1.48 bits per heavy atom. The molecule has 0 unspecified atom stereocenters. The molecular formula is C14H10BF5O. The van der Waals surface area contributed by atoms with Crippen molar-refractivity contribution < 1.29 is 26.7 Å². The molecule has 21 heavy (non-hydrogen) atoms. The topological polar surface area (TPSA) is 9.23 Å². The molecule has 110 valence electrons. The van der Waals surface area contributed by atoms with E-state index in [1.165, 1.54) is 14.0 Å². The average Bonchev–Trinajstić information content (AvgIpc) is 2.42. The number of halogens is 5. The van der Waals surface area contributed by atoms with E-state index in [0.29, 0.717) is 6.07 Å². The molecular weight excluding hydrogens is 290 g/mol. The Bertz CT molecular complexity index is 702. The van der Waals surface area contributed by atoms with E-state index in [2.05, 4.69) is 0 Å². The van der Waals surface area contributed by atoms with Gasteiger partial charge in [0.05, 0.1) is 7.11 Å². The Kier molecular flexibility index (Phi) is 4.20. The smallest absolute Gasteiger partial charge is 0.208 e. The van der Waals surface area contributed by atoms with Crippen molar-refractivity contribution in [3.05, 3.63) is 52.8 Å². The van der Waals surface area contributed by atoms with Gasteiger partial charge in [0.15, 0.2) is 11.6 Å². The summed E-state index contributed by atoms with van der Waals surface area (Å²) in [4.78, 5) is 0. The van der Waals surface area contributed by atoms with Crippen LogP contribution in [0.1, 0.15) is 5.56 Å². The lowest BCUT2D eigenvalue weighted by molar-refractivity contribution is 0.411. The molecule has 0 N–H and O–H groups in total. The predicted molar refractivity (Wildman–Crippen MR) is 70.4 cm³/mol. The number of hydrogen-bond donors (Lipinski definition) is 0. The van der Waals surface area contributed by atoms with Crippen LogP contribution in [0.5, 0.6) is 5.75 Å². The summed E-state index contributed by atoms with van der Waals surface area (Å²) in [5.74, 6) is -5.70. The van der Waals surface area contributed by atoms with Gasteiger partial charge < -0.3 is 4.74 Å². The summed E-state index contributed by atoms with van der Waals surface area (Å²) >= 11 is 0. The Hall–Kier alpha value is -2.05. The second kappa shape index (κ2) is 5.75. The summed E-state index contributed by atoms with van der Waals surface area (Å²) in [5, 5.41) is 0. The molecule has 7 heteroatoms. The molecule has 0 radical (unpaired) electrons. The van der Waals surface area contributed by atoms with Crippen molar-refractivity contribution in [2.45, 2.75) is 6.92 Å². The van der Waals surface area contributed by atoms with Crippen LogP contribution in [0, 0.1) is 36.0 Å². The van der Waals surface area contributed by atoms with Crippen molar-refractivity contribution in [1.29, 1.82) is 0 Å². The van der Waals surface area contributed by atoms with E-state index in [4.69, 9.17) is 4.74 Å². The zero-order valence-corrected chi connectivity index (χ0v) is 11.2. The van der Waals surface area contributed by atoms with Crippen LogP contribution in [0.25, 0.3) is 0 Å². The molecule has 0 heterocycles. The molecule has 0 aliphatic heterocycles. The van der Waals surface area contributed by atoms with Gasteiger partial charge in [-0.15, -0.1) is 0 Å². The molecule has 2 aromatic rings. The second-order valence-corrected chi connectivity index (χ2v) is 4.53. The maximum absolute atomic E-state index is 13.8. The van der Waals surface area contributed by atoms with Crippen molar-refractivity contribution in [1.82, 2.24) is 0 Å². The molecule has 0 aromatic heterocycles. The van der Waals surface area contributed by atoms with E-state index in [1.54, 1.807) is 0 Å². The fourth-order valence-corrected chi connectivity index (χ4v) is 2.02. The third-order valence-electron chi connectivity index (χ3n) is 3.13. The van der Waals surface area contributed by atoms with E-state index in [-0.39, 0.29) is 16.8 Å². The van der Waals surface area contributed by atoms with Crippen LogP contribution >= 0.6 is 0 Å². The molecule has 0 spiro atoms. The lowest BCUT2D eigenvalue weighted by Gasteiger charge is -2.11. The highest BCUT2D eigenvalue weighted by Gasteiger charge is 2.22. The van der Waals surface area contributed by atoms with Gasteiger partial charge in [-0.25, -0.2) is 22.0 Å². The van der Waals surface area contributed by atoms with Crippen LogP contribution in [0.15, 0.2) is 18.2 Å². The largest absolute Gasteiger partial charge is 0.497 e. The van der Waals surface area contributed by atoms with Gasteiger partial charge in [-0.2, -0.15) is 0 Å². The van der Waals surface area contributed by atoms with Gasteiger partial charge in [0.2, 0.25) is 7.28 Å². The molecule has 0 bridgehead atoms. The number of ether oxygens (including phenoxy) is 1. The molecule has 0 saturated heterocycles. The molecule has 0 aliphatic rings. The highest BCUT2D eigenvalue weighted by molar-refractivity contribution is 6.68. The van der Waals surface area contributed by atoms with Crippen molar-refractivity contribution in [2.24, 2.45) is 0 Å². The monoisotopic (exact) mass is 300 g/mol. The van der Waals surface area contributed by atoms with Crippen LogP contribution < -0.4 is 15.7 Å². The first-order chi connectivity index (χ1) is 9.85. The summed E-state index contributed by atoms with van der Waals surface area (Å²) < 4.78 is 72.7. The van der Waals surface area contributed by atoms with Gasteiger partial charge in [0.25, 0.3) is 0 Å². The number of benzene rings is 2. The molecule has 0 aliphatic carbocycles. The van der Waals surface area contributed by atoms with Crippen LogP contribution in [-0.4, -0.2) is 14.4 Å². The minimum absolute atomic E-state index is 0.194. The van der Waals surface area contributed by atoms with Gasteiger partial charge in [0, 0.05) is 12.1 Å². The number of rotatable bonds is 3. The standard InChI is InChI=1S/C14H10BF5O/c1-6-3-8(17)12(14(20)13(6)19)15-11-9(18)4-7(16)5-10(11)21-2/h3-5,15H,1-2H3. The number of aryl methyl sites for hydroxylation is 1. The number of methoxy groups -OCH3 is 1. The van der Waals surface area contributed by atoms with Gasteiger partial charge in [-0.05, 0) is 29.5 Å². The van der Waals surface area contributed by atoms with Gasteiger partial charge in [0.1, 0.15) is 23.2 Å². The van der Waals surface area contributed by atoms with Gasteiger partial charge >= 0.3 is 0 Å². The first-order valence-corrected chi connectivity index (χ1v) is 6.00. The first kappa shape index (κ1) is 15.3. The van der Waals surface area contributed by atoms with E-state index in [1.807, 2.05) is 0 Å². The molecule has 0 fully saturated rings. The van der Waals surface area contributed by atoms with Crippen molar-refractivity contribution >= 4 is 18.2 Å². The molecule has 0 atom stereocenters. The van der Waals surface area contributed by atoms with Crippen molar-refractivity contribution in [3.8, 4) is 5.75 Å². The maximum atomic E-state index is 13.8. The van der Waals surface area contributed by atoms with Crippen molar-refractivity contribution in [2.75, 3.05) is 7.11 Å². The predicted octanol–water partition coefficient (Wildman–Crippen LogP) is 2.09. The third kappa shape index (κ3) is 2.86. The fraction of sp³-hybridized carbons (Fsp3) is 0.143. The minimum Gasteiger partial charge on any atom is -0.497 e. The van der Waals surface area contributed by atoms with Crippen LogP contribution in [-0.2, 0) is 0 Å². The quantitative estimate of drug-likeness (QED) is 0.479. The molecule has 1 nitrogen and oxygen atoms in total. The molecule has 2 aromatic carbocycles. The second-order valence-electron chi connectivity index (χ2n) is 4.53. The van der Waals surface area contributed by atoms with Gasteiger partial charge in [-0.1, -0.05) is 0 Å². The molecule has 0 amide bonds. The Morgan fingerprint density at radius 1 is 0.857 bits per heavy atom. The van der Waals surface area contributed by atoms with Crippen LogP contribution in [0.3, 0.4) is 0 Å². The SMILES string of the molecule is COc1cc(F)cc(F)c1Bc1c(F)cc(C)c(F)c1F. The zero-order chi connectivity index (χ0) is 15.7. The Labute approximate surface area is 118 Å². The average molecular weight is 300 g/mol. The Balaban J connectivity index is 2.56. The summed E-state index contributed by atoms with van der Waals surface area (Å²) in [5.41, 5.74) is -1.08. The van der Waals surface area contributed by atoms with E-state index >= 15 is 0 Å².